The molecule has 2 nitrogen and oxygen atoms in total. The molecule has 2 heteroatoms. The van der Waals surface area contributed by atoms with Crippen LogP contribution >= 0.6 is 0 Å². The maximum Gasteiger partial charge on any atom is 0.142 e. The van der Waals surface area contributed by atoms with E-state index in [2.05, 4.69) is 61.6 Å². The van der Waals surface area contributed by atoms with Gasteiger partial charge in [-0.3, -0.25) is 0 Å². The molecule has 19 heavy (non-hydrogen) atoms. The topological polar surface area (TPSA) is 21.3 Å². The molecule has 3 rings (SSSR count). The molecule has 0 aliphatic carbocycles. The first-order valence-corrected chi connectivity index (χ1v) is 6.85. The highest BCUT2D eigenvalue weighted by Crippen LogP contribution is 2.34. The van der Waals surface area contributed by atoms with E-state index in [0.717, 1.165) is 17.9 Å². The van der Waals surface area contributed by atoms with Crippen LogP contribution in [0.3, 0.4) is 0 Å². The summed E-state index contributed by atoms with van der Waals surface area (Å²) >= 11 is 0. The fraction of sp³-hybridized carbons (Fsp3) is 0.294. The molecule has 98 valence electrons. The molecule has 2 aromatic rings. The van der Waals surface area contributed by atoms with Crippen LogP contribution in [0.15, 0.2) is 42.5 Å². The molecule has 1 N–H and O–H groups in total. The fourth-order valence-electron chi connectivity index (χ4n) is 2.44. The average Bonchev–Trinajstić information content (AvgIpc) is 2.47. The van der Waals surface area contributed by atoms with Gasteiger partial charge in [-0.25, -0.2) is 0 Å². The number of fused-ring (bicyclic) bond motifs is 1. The minimum atomic E-state index is 0.237. The lowest BCUT2D eigenvalue weighted by Crippen LogP contribution is -2.23. The third-order valence-corrected chi connectivity index (χ3v) is 3.66. The van der Waals surface area contributed by atoms with Gasteiger partial charge in [0, 0.05) is 0 Å². The van der Waals surface area contributed by atoms with Gasteiger partial charge in [-0.2, -0.15) is 0 Å². The lowest BCUT2D eigenvalue weighted by atomic mass is 10.0. The molecule has 1 aliphatic heterocycles. The molecular weight excluding hydrogens is 234 g/mol. The molecule has 0 amide bonds. The lowest BCUT2D eigenvalue weighted by Gasteiger charge is -2.28. The van der Waals surface area contributed by atoms with Crippen molar-refractivity contribution in [3.05, 3.63) is 59.2 Å². The monoisotopic (exact) mass is 253 g/mol. The van der Waals surface area contributed by atoms with Crippen molar-refractivity contribution in [3.63, 3.8) is 0 Å². The number of anilines is 1. The summed E-state index contributed by atoms with van der Waals surface area (Å²) in [5, 5.41) is 3.55. The van der Waals surface area contributed by atoms with Gasteiger partial charge in [0.25, 0.3) is 0 Å². The number of hydrogen-bond donors (Lipinski definition) is 1. The quantitative estimate of drug-likeness (QED) is 0.870. The molecule has 0 saturated heterocycles. The van der Waals surface area contributed by atoms with Gasteiger partial charge in [0.2, 0.25) is 0 Å². The van der Waals surface area contributed by atoms with Crippen LogP contribution < -0.4 is 10.1 Å². The molecule has 1 aliphatic rings. The van der Waals surface area contributed by atoms with E-state index in [-0.39, 0.29) is 6.04 Å². The molecule has 0 saturated carbocycles. The highest BCUT2D eigenvalue weighted by Gasteiger charge is 2.20. The number of nitrogens with one attached hydrogen (secondary N) is 1. The maximum absolute atomic E-state index is 5.87. The Morgan fingerprint density at radius 3 is 2.68 bits per heavy atom. The Hall–Kier alpha value is -1.96. The van der Waals surface area contributed by atoms with Crippen molar-refractivity contribution in [2.24, 2.45) is 0 Å². The minimum Gasteiger partial charge on any atom is -0.489 e. The van der Waals surface area contributed by atoms with Crippen molar-refractivity contribution >= 4 is 5.69 Å². The molecule has 0 fully saturated rings. The summed E-state index contributed by atoms with van der Waals surface area (Å²) in [6, 6.07) is 15.3. The van der Waals surface area contributed by atoms with Gasteiger partial charge < -0.3 is 10.1 Å². The van der Waals surface area contributed by atoms with Crippen LogP contribution in [0.4, 0.5) is 5.69 Å². The van der Waals surface area contributed by atoms with Gasteiger partial charge in [0.05, 0.1) is 11.7 Å². The molecular formula is C17H19NO. The molecule has 0 radical (unpaired) electrons. The van der Waals surface area contributed by atoms with Crippen molar-refractivity contribution in [1.29, 1.82) is 0 Å². The van der Waals surface area contributed by atoms with Crippen LogP contribution in [-0.4, -0.2) is 6.61 Å². The molecule has 2 aromatic carbocycles. The van der Waals surface area contributed by atoms with Crippen molar-refractivity contribution in [2.45, 2.75) is 26.3 Å². The van der Waals surface area contributed by atoms with Crippen molar-refractivity contribution < 1.29 is 4.74 Å². The van der Waals surface area contributed by atoms with Crippen LogP contribution in [0, 0.1) is 6.92 Å². The third kappa shape index (κ3) is 2.43. The highest BCUT2D eigenvalue weighted by molar-refractivity contribution is 5.60. The zero-order chi connectivity index (χ0) is 13.2. The standard InChI is InChI=1S/C17H19NO/c1-3-13-5-7-14(8-6-13)16-11-19-17-10-12(2)4-9-15(17)18-16/h4-10,16,18H,3,11H2,1-2H3. The Bertz CT molecular complexity index is 574. The Kier molecular flexibility index (Phi) is 3.16. The van der Waals surface area contributed by atoms with Crippen molar-refractivity contribution in [1.82, 2.24) is 0 Å². The average molecular weight is 253 g/mol. The number of rotatable bonds is 2. The maximum atomic E-state index is 5.87. The van der Waals surface area contributed by atoms with E-state index >= 15 is 0 Å². The van der Waals surface area contributed by atoms with E-state index in [4.69, 9.17) is 4.74 Å². The zero-order valence-electron chi connectivity index (χ0n) is 11.4. The van der Waals surface area contributed by atoms with E-state index in [1.807, 2.05) is 0 Å². The summed E-state index contributed by atoms with van der Waals surface area (Å²) in [5.41, 5.74) is 4.97. The number of benzene rings is 2. The molecule has 1 heterocycles. The normalized spacial score (nSPS) is 17.3. The van der Waals surface area contributed by atoms with Crippen LogP contribution in [0.25, 0.3) is 0 Å². The Balaban J connectivity index is 1.82. The molecule has 0 spiro atoms. The van der Waals surface area contributed by atoms with Crippen molar-refractivity contribution in [3.8, 4) is 5.75 Å². The van der Waals surface area contributed by atoms with E-state index in [1.165, 1.54) is 16.7 Å². The predicted octanol–water partition coefficient (Wildman–Crippen LogP) is 4.10. The van der Waals surface area contributed by atoms with E-state index in [0.29, 0.717) is 6.61 Å². The SMILES string of the molecule is CCc1ccc(C2COc3cc(C)ccc3N2)cc1. The van der Waals surface area contributed by atoms with E-state index < -0.39 is 0 Å². The first-order valence-electron chi connectivity index (χ1n) is 6.85. The van der Waals surface area contributed by atoms with E-state index in [1.54, 1.807) is 0 Å². The van der Waals surface area contributed by atoms with Crippen LogP contribution in [0.1, 0.15) is 29.7 Å². The summed E-state index contributed by atoms with van der Waals surface area (Å²) in [5.74, 6) is 0.960. The highest BCUT2D eigenvalue weighted by atomic mass is 16.5. The van der Waals surface area contributed by atoms with Gasteiger partial charge in [0.15, 0.2) is 0 Å². The van der Waals surface area contributed by atoms with Gasteiger partial charge in [-0.1, -0.05) is 37.3 Å². The smallest absolute Gasteiger partial charge is 0.142 e. The first kappa shape index (κ1) is 12.1. The number of aryl methyl sites for hydroxylation is 2. The van der Waals surface area contributed by atoms with Crippen molar-refractivity contribution in [2.75, 3.05) is 11.9 Å². The molecule has 0 bridgehead atoms. The molecule has 0 aromatic heterocycles. The Labute approximate surface area is 114 Å². The number of hydrogen-bond acceptors (Lipinski definition) is 2. The van der Waals surface area contributed by atoms with Crippen LogP contribution in [0.2, 0.25) is 0 Å². The second kappa shape index (κ2) is 4.96. The molecule has 1 atom stereocenters. The van der Waals surface area contributed by atoms with E-state index in [9.17, 15) is 0 Å². The second-order valence-corrected chi connectivity index (χ2v) is 5.10. The van der Waals surface area contributed by atoms with Gasteiger partial charge >= 0.3 is 0 Å². The summed E-state index contributed by atoms with van der Waals surface area (Å²) in [6.07, 6.45) is 1.08. The summed E-state index contributed by atoms with van der Waals surface area (Å²) in [6.45, 7) is 4.94. The largest absolute Gasteiger partial charge is 0.489 e. The predicted molar refractivity (Wildman–Crippen MR) is 78.9 cm³/mol. The lowest BCUT2D eigenvalue weighted by molar-refractivity contribution is 0.286. The van der Waals surface area contributed by atoms with Gasteiger partial charge in [0.1, 0.15) is 12.4 Å². The van der Waals surface area contributed by atoms with Crippen LogP contribution in [-0.2, 0) is 6.42 Å². The fourth-order valence-corrected chi connectivity index (χ4v) is 2.44. The summed E-state index contributed by atoms with van der Waals surface area (Å²) in [7, 11) is 0. The third-order valence-electron chi connectivity index (χ3n) is 3.66. The summed E-state index contributed by atoms with van der Waals surface area (Å²) < 4.78 is 5.87. The Morgan fingerprint density at radius 1 is 1.16 bits per heavy atom. The van der Waals surface area contributed by atoms with Gasteiger partial charge in [-0.05, 0) is 42.2 Å². The summed E-state index contributed by atoms with van der Waals surface area (Å²) in [4.78, 5) is 0. The van der Waals surface area contributed by atoms with Gasteiger partial charge in [-0.15, -0.1) is 0 Å². The minimum absolute atomic E-state index is 0.237. The van der Waals surface area contributed by atoms with Crippen LogP contribution in [0.5, 0.6) is 5.75 Å². The zero-order valence-corrected chi connectivity index (χ0v) is 11.4. The number of ether oxygens (including phenoxy) is 1. The molecule has 1 unspecified atom stereocenters. The first-order chi connectivity index (χ1) is 9.26. The Morgan fingerprint density at radius 2 is 1.95 bits per heavy atom. The second-order valence-electron chi connectivity index (χ2n) is 5.10.